The van der Waals surface area contributed by atoms with E-state index in [1.165, 1.54) is 0 Å². The number of ether oxygens (including phenoxy) is 3. The monoisotopic (exact) mass is 406 g/mol. The summed E-state index contributed by atoms with van der Waals surface area (Å²) in [7, 11) is 3.20. The van der Waals surface area contributed by atoms with Crippen LogP contribution >= 0.6 is 11.6 Å². The van der Waals surface area contributed by atoms with Gasteiger partial charge in [-0.1, -0.05) is 23.7 Å². The summed E-state index contributed by atoms with van der Waals surface area (Å²) < 4.78 is 17.1. The first-order valence-electron chi connectivity index (χ1n) is 9.01. The first-order valence-corrected chi connectivity index (χ1v) is 9.39. The smallest absolute Gasteiger partial charge is 0.162 e. The van der Waals surface area contributed by atoms with E-state index in [1.807, 2.05) is 61.5 Å². The molecule has 0 N–H and O–H groups in total. The number of pyridine rings is 2. The molecule has 0 spiro atoms. The fourth-order valence-corrected chi connectivity index (χ4v) is 3.22. The van der Waals surface area contributed by atoms with Gasteiger partial charge in [0.1, 0.15) is 11.4 Å². The summed E-state index contributed by atoms with van der Waals surface area (Å²) in [6, 6.07) is 16.9. The molecule has 6 heteroatoms. The van der Waals surface area contributed by atoms with Gasteiger partial charge in [0.05, 0.1) is 19.7 Å². The van der Waals surface area contributed by atoms with Gasteiger partial charge in [0.25, 0.3) is 0 Å². The highest BCUT2D eigenvalue weighted by atomic mass is 35.5. The molecule has 2 aromatic carbocycles. The van der Waals surface area contributed by atoms with Gasteiger partial charge < -0.3 is 14.2 Å². The van der Waals surface area contributed by atoms with E-state index in [9.17, 15) is 0 Å². The van der Waals surface area contributed by atoms with Crippen LogP contribution in [0.15, 0.2) is 60.8 Å². The van der Waals surface area contributed by atoms with Gasteiger partial charge in [-0.3, -0.25) is 4.98 Å². The molecule has 146 valence electrons. The first-order chi connectivity index (χ1) is 14.1. The summed E-state index contributed by atoms with van der Waals surface area (Å²) in [5, 5.41) is 1.48. The van der Waals surface area contributed by atoms with E-state index in [4.69, 9.17) is 25.8 Å². The minimum atomic E-state index is 0.609. The zero-order valence-corrected chi connectivity index (χ0v) is 17.0. The van der Waals surface area contributed by atoms with Gasteiger partial charge in [-0.05, 0) is 43.3 Å². The SMILES string of the molecule is COc1cc2nccc(Oc3ccc(C)nc3-c3ccc(Cl)cc3)c2cc1OC. The second-order valence-electron chi connectivity index (χ2n) is 6.44. The van der Waals surface area contributed by atoms with Crippen LogP contribution in [-0.2, 0) is 0 Å². The van der Waals surface area contributed by atoms with Gasteiger partial charge in [-0.15, -0.1) is 0 Å². The molecule has 0 saturated carbocycles. The lowest BCUT2D eigenvalue weighted by Gasteiger charge is -2.14. The van der Waals surface area contributed by atoms with Gasteiger partial charge >= 0.3 is 0 Å². The van der Waals surface area contributed by atoms with Gasteiger partial charge in [0.2, 0.25) is 0 Å². The van der Waals surface area contributed by atoms with E-state index in [-0.39, 0.29) is 0 Å². The largest absolute Gasteiger partial charge is 0.493 e. The molecular weight excluding hydrogens is 388 g/mol. The Morgan fingerprint density at radius 3 is 2.24 bits per heavy atom. The number of nitrogens with zero attached hydrogens (tertiary/aromatic N) is 2. The molecule has 2 aromatic heterocycles. The van der Waals surface area contributed by atoms with Crippen LogP contribution in [0.5, 0.6) is 23.0 Å². The van der Waals surface area contributed by atoms with Gasteiger partial charge in [0, 0.05) is 33.9 Å². The van der Waals surface area contributed by atoms with Crippen LogP contribution in [0.25, 0.3) is 22.2 Å². The summed E-state index contributed by atoms with van der Waals surface area (Å²) in [4.78, 5) is 9.11. The molecular formula is C23H19ClN2O3. The summed E-state index contributed by atoms with van der Waals surface area (Å²) in [5.41, 5.74) is 3.30. The summed E-state index contributed by atoms with van der Waals surface area (Å²) in [5.74, 6) is 2.51. The number of halogens is 1. The summed E-state index contributed by atoms with van der Waals surface area (Å²) >= 11 is 6.04. The molecule has 0 aliphatic heterocycles. The van der Waals surface area contributed by atoms with Gasteiger partial charge in [-0.2, -0.15) is 0 Å². The number of hydrogen-bond acceptors (Lipinski definition) is 5. The van der Waals surface area contributed by atoms with E-state index < -0.39 is 0 Å². The van der Waals surface area contributed by atoms with Crippen LogP contribution in [0.2, 0.25) is 5.02 Å². The maximum Gasteiger partial charge on any atom is 0.162 e. The highest BCUT2D eigenvalue weighted by Gasteiger charge is 2.14. The van der Waals surface area contributed by atoms with Crippen molar-refractivity contribution in [3.63, 3.8) is 0 Å². The number of aromatic nitrogens is 2. The van der Waals surface area contributed by atoms with Gasteiger partial charge in [-0.25, -0.2) is 4.98 Å². The number of hydrogen-bond donors (Lipinski definition) is 0. The van der Waals surface area contributed by atoms with Crippen molar-refractivity contribution in [2.45, 2.75) is 6.92 Å². The number of benzene rings is 2. The minimum Gasteiger partial charge on any atom is -0.493 e. The Hall–Kier alpha value is -3.31. The van der Waals surface area contributed by atoms with Crippen molar-refractivity contribution in [1.82, 2.24) is 9.97 Å². The molecule has 5 nitrogen and oxygen atoms in total. The number of rotatable bonds is 5. The lowest BCUT2D eigenvalue weighted by molar-refractivity contribution is 0.355. The zero-order valence-electron chi connectivity index (χ0n) is 16.3. The Morgan fingerprint density at radius 2 is 1.52 bits per heavy atom. The lowest BCUT2D eigenvalue weighted by atomic mass is 10.1. The average Bonchev–Trinajstić information content (AvgIpc) is 2.74. The van der Waals surface area contributed by atoms with Crippen molar-refractivity contribution in [3.8, 4) is 34.3 Å². The fraction of sp³-hybridized carbons (Fsp3) is 0.130. The van der Waals surface area contributed by atoms with Crippen molar-refractivity contribution >= 4 is 22.5 Å². The quantitative estimate of drug-likeness (QED) is 0.402. The van der Waals surface area contributed by atoms with Crippen LogP contribution in [0.4, 0.5) is 0 Å². The molecule has 0 bridgehead atoms. The molecule has 0 unspecified atom stereocenters. The highest BCUT2D eigenvalue weighted by molar-refractivity contribution is 6.30. The molecule has 0 amide bonds. The molecule has 0 saturated heterocycles. The molecule has 0 radical (unpaired) electrons. The fourth-order valence-electron chi connectivity index (χ4n) is 3.10. The highest BCUT2D eigenvalue weighted by Crippen LogP contribution is 2.39. The summed E-state index contributed by atoms with van der Waals surface area (Å²) in [6.45, 7) is 1.95. The molecule has 4 aromatic rings. The number of aryl methyl sites for hydroxylation is 1. The Morgan fingerprint density at radius 1 is 0.793 bits per heavy atom. The maximum atomic E-state index is 6.30. The number of methoxy groups -OCH3 is 2. The molecule has 0 aliphatic rings. The topological polar surface area (TPSA) is 53.5 Å². The number of fused-ring (bicyclic) bond motifs is 1. The Labute approximate surface area is 173 Å². The molecule has 0 fully saturated rings. The van der Waals surface area contributed by atoms with E-state index in [1.54, 1.807) is 20.4 Å². The van der Waals surface area contributed by atoms with Crippen molar-refractivity contribution in [1.29, 1.82) is 0 Å². The van der Waals surface area contributed by atoms with Crippen molar-refractivity contribution in [2.75, 3.05) is 14.2 Å². The van der Waals surface area contributed by atoms with Crippen LogP contribution in [0.3, 0.4) is 0 Å². The Kier molecular flexibility index (Phi) is 5.23. The zero-order chi connectivity index (χ0) is 20.4. The lowest BCUT2D eigenvalue weighted by Crippen LogP contribution is -1.96. The predicted octanol–water partition coefficient (Wildman–Crippen LogP) is 6.07. The van der Waals surface area contributed by atoms with Crippen LogP contribution in [-0.4, -0.2) is 24.2 Å². The third kappa shape index (κ3) is 3.82. The Balaban J connectivity index is 1.82. The average molecular weight is 407 g/mol. The van der Waals surface area contributed by atoms with E-state index in [2.05, 4.69) is 9.97 Å². The predicted molar refractivity (Wildman–Crippen MR) is 114 cm³/mol. The van der Waals surface area contributed by atoms with E-state index in [0.29, 0.717) is 28.0 Å². The van der Waals surface area contributed by atoms with Crippen molar-refractivity contribution in [3.05, 3.63) is 71.5 Å². The molecule has 29 heavy (non-hydrogen) atoms. The van der Waals surface area contributed by atoms with Crippen molar-refractivity contribution < 1.29 is 14.2 Å². The minimum absolute atomic E-state index is 0.609. The molecule has 4 rings (SSSR count). The molecule has 0 aliphatic carbocycles. The summed E-state index contributed by atoms with van der Waals surface area (Å²) in [6.07, 6.45) is 1.70. The van der Waals surface area contributed by atoms with Crippen molar-refractivity contribution in [2.24, 2.45) is 0 Å². The maximum absolute atomic E-state index is 6.30. The van der Waals surface area contributed by atoms with E-state index in [0.717, 1.165) is 27.9 Å². The van der Waals surface area contributed by atoms with Crippen LogP contribution in [0.1, 0.15) is 5.69 Å². The first kappa shape index (κ1) is 19.0. The molecule has 2 heterocycles. The Bertz CT molecular complexity index is 1180. The molecule has 0 atom stereocenters. The second-order valence-corrected chi connectivity index (χ2v) is 6.88. The van der Waals surface area contributed by atoms with E-state index >= 15 is 0 Å². The normalized spacial score (nSPS) is 10.8. The third-order valence-corrected chi connectivity index (χ3v) is 4.79. The third-order valence-electron chi connectivity index (χ3n) is 4.54. The van der Waals surface area contributed by atoms with Gasteiger partial charge in [0.15, 0.2) is 17.2 Å². The second kappa shape index (κ2) is 7.97. The van der Waals surface area contributed by atoms with Crippen LogP contribution in [0, 0.1) is 6.92 Å². The van der Waals surface area contributed by atoms with Crippen LogP contribution < -0.4 is 14.2 Å². The standard InChI is InChI=1S/C23H19ClN2O3/c1-14-4-9-20(23(26-14)15-5-7-16(24)8-6-15)29-19-10-11-25-18-13-22(28-3)21(27-2)12-17(18)19/h4-13H,1-3H3.